The summed E-state index contributed by atoms with van der Waals surface area (Å²) in [6, 6.07) is 3.74. The molecule has 10 nitrogen and oxygen atoms in total. The van der Waals surface area contributed by atoms with Crippen LogP contribution < -0.4 is 14.8 Å². The van der Waals surface area contributed by atoms with Gasteiger partial charge in [-0.1, -0.05) is 33.4 Å². The fraction of sp³-hybridized carbons (Fsp3) is 0.517. The van der Waals surface area contributed by atoms with Crippen LogP contribution in [0.15, 0.2) is 31.0 Å². The van der Waals surface area contributed by atoms with Crippen molar-refractivity contribution >= 4 is 34.8 Å². The van der Waals surface area contributed by atoms with Crippen molar-refractivity contribution < 1.29 is 33.3 Å². The predicted molar refractivity (Wildman–Crippen MR) is 148 cm³/mol. The highest BCUT2D eigenvalue weighted by atomic mass is 16.6. The van der Waals surface area contributed by atoms with Gasteiger partial charge in [-0.25, -0.2) is 14.6 Å². The molecule has 3 rings (SSSR count). The molecule has 1 aliphatic rings. The van der Waals surface area contributed by atoms with Crippen LogP contribution in [0, 0.1) is 5.41 Å². The molecular weight excluding hydrogens is 502 g/mol. The first-order chi connectivity index (χ1) is 18.2. The molecule has 0 aliphatic carbocycles. The normalized spacial score (nSPS) is 18.3. The van der Waals surface area contributed by atoms with E-state index in [1.54, 1.807) is 40.2 Å². The third-order valence-electron chi connectivity index (χ3n) is 6.37. The first kappa shape index (κ1) is 29.7. The number of likely N-dealkylation sites (tertiary alicyclic amines) is 1. The molecule has 1 aliphatic heterocycles. The number of carbonyl (C=O) groups is 3. The van der Waals surface area contributed by atoms with E-state index < -0.39 is 47.2 Å². The second kappa shape index (κ2) is 11.5. The summed E-state index contributed by atoms with van der Waals surface area (Å²) < 4.78 is 22.1. The van der Waals surface area contributed by atoms with E-state index in [0.717, 1.165) is 16.3 Å². The Morgan fingerprint density at radius 1 is 1.15 bits per heavy atom. The summed E-state index contributed by atoms with van der Waals surface area (Å²) in [4.78, 5) is 45.0. The summed E-state index contributed by atoms with van der Waals surface area (Å²) in [5.41, 5.74) is -0.637. The molecule has 1 saturated heterocycles. The summed E-state index contributed by atoms with van der Waals surface area (Å²) in [7, 11) is 2.86. The van der Waals surface area contributed by atoms with Gasteiger partial charge in [0.05, 0.1) is 20.8 Å². The Bertz CT molecular complexity index is 1250. The second-order valence-corrected chi connectivity index (χ2v) is 11.6. The van der Waals surface area contributed by atoms with E-state index in [9.17, 15) is 14.4 Å². The number of esters is 1. The monoisotopic (exact) mass is 541 g/mol. The highest BCUT2D eigenvalue weighted by Gasteiger charge is 2.46. The third kappa shape index (κ3) is 6.99. The van der Waals surface area contributed by atoms with Crippen LogP contribution in [0.4, 0.5) is 4.79 Å². The van der Waals surface area contributed by atoms with E-state index in [0.29, 0.717) is 11.6 Å². The lowest BCUT2D eigenvalue weighted by Crippen LogP contribution is -2.57. The molecule has 0 bridgehead atoms. The predicted octanol–water partition coefficient (Wildman–Crippen LogP) is 4.35. The summed E-state index contributed by atoms with van der Waals surface area (Å²) >= 11 is 0. The van der Waals surface area contributed by atoms with Gasteiger partial charge in [0.25, 0.3) is 0 Å². The van der Waals surface area contributed by atoms with E-state index in [2.05, 4.69) is 16.9 Å². The maximum atomic E-state index is 13.8. The molecule has 1 aromatic carbocycles. The van der Waals surface area contributed by atoms with Crippen LogP contribution in [-0.4, -0.2) is 72.4 Å². The number of hydrogen-bond donors (Lipinski definition) is 1. The van der Waals surface area contributed by atoms with Crippen LogP contribution in [0.3, 0.4) is 0 Å². The van der Waals surface area contributed by atoms with Gasteiger partial charge in [0.2, 0.25) is 11.8 Å². The van der Waals surface area contributed by atoms with Crippen molar-refractivity contribution in [1.82, 2.24) is 15.2 Å². The highest BCUT2D eigenvalue weighted by molar-refractivity contribution is 5.92. The molecule has 2 amide bonds. The summed E-state index contributed by atoms with van der Waals surface area (Å²) in [5, 5.41) is 4.30. The van der Waals surface area contributed by atoms with Crippen LogP contribution in [0.25, 0.3) is 16.8 Å². The molecule has 2 heterocycles. The Labute approximate surface area is 229 Å². The van der Waals surface area contributed by atoms with Crippen LogP contribution in [0.5, 0.6) is 11.6 Å². The Balaban J connectivity index is 1.90. The maximum Gasteiger partial charge on any atom is 0.408 e. The van der Waals surface area contributed by atoms with Gasteiger partial charge in [0.1, 0.15) is 29.5 Å². The van der Waals surface area contributed by atoms with Crippen LogP contribution in [0.2, 0.25) is 0 Å². The molecule has 2 aromatic rings. The minimum Gasteiger partial charge on any atom is -0.496 e. The van der Waals surface area contributed by atoms with Gasteiger partial charge in [-0.15, -0.1) is 0 Å². The number of nitrogens with one attached hydrogen (secondary N) is 1. The number of ether oxygens (including phenoxy) is 4. The summed E-state index contributed by atoms with van der Waals surface area (Å²) in [6.07, 6.45) is 2.24. The molecule has 10 heteroatoms. The van der Waals surface area contributed by atoms with E-state index in [1.165, 1.54) is 12.0 Å². The van der Waals surface area contributed by atoms with Crippen molar-refractivity contribution in [1.29, 1.82) is 0 Å². The molecule has 1 N–H and O–H groups in total. The average molecular weight is 542 g/mol. The molecule has 39 heavy (non-hydrogen) atoms. The lowest BCUT2D eigenvalue weighted by molar-refractivity contribution is -0.152. The Kier molecular flexibility index (Phi) is 8.77. The first-order valence-electron chi connectivity index (χ1n) is 12.8. The molecular formula is C29H39N3O7. The topological polar surface area (TPSA) is 116 Å². The largest absolute Gasteiger partial charge is 0.496 e. The minimum absolute atomic E-state index is 0.101. The van der Waals surface area contributed by atoms with Crippen molar-refractivity contribution in [2.24, 2.45) is 5.41 Å². The summed E-state index contributed by atoms with van der Waals surface area (Å²) in [6.45, 7) is 14.7. The van der Waals surface area contributed by atoms with Crippen molar-refractivity contribution in [2.75, 3.05) is 20.8 Å². The lowest BCUT2D eigenvalue weighted by Gasteiger charge is -2.35. The summed E-state index contributed by atoms with van der Waals surface area (Å²) in [5.74, 6) is 0.0347. The molecule has 1 fully saturated rings. The molecule has 0 spiro atoms. The van der Waals surface area contributed by atoms with Gasteiger partial charge in [-0.2, -0.15) is 0 Å². The van der Waals surface area contributed by atoms with E-state index >= 15 is 0 Å². The number of carbonyl (C=O) groups excluding carboxylic acids is 3. The van der Waals surface area contributed by atoms with E-state index in [-0.39, 0.29) is 13.0 Å². The van der Waals surface area contributed by atoms with Crippen LogP contribution >= 0.6 is 0 Å². The highest BCUT2D eigenvalue weighted by Crippen LogP contribution is 2.34. The number of fused-ring (bicyclic) bond motifs is 1. The smallest absolute Gasteiger partial charge is 0.408 e. The number of nitrogens with zero attached hydrogens (tertiary/aromatic N) is 2. The van der Waals surface area contributed by atoms with Gasteiger partial charge in [0.15, 0.2) is 0 Å². The minimum atomic E-state index is -0.962. The zero-order valence-electron chi connectivity index (χ0n) is 24.0. The average Bonchev–Trinajstić information content (AvgIpc) is 3.27. The van der Waals surface area contributed by atoms with Crippen LogP contribution in [-0.2, 0) is 19.1 Å². The van der Waals surface area contributed by atoms with Crippen molar-refractivity contribution in [3.63, 3.8) is 0 Å². The second-order valence-electron chi connectivity index (χ2n) is 11.6. The first-order valence-corrected chi connectivity index (χ1v) is 12.8. The maximum absolute atomic E-state index is 13.8. The standard InChI is InChI=1S/C29H39N3O7/c1-10-17-13-20-18(14-22(17)36-8)11-12-30-24(20)38-19-15-21(26(34)37-9)32(16-19)25(33)23(28(2,3)4)31-27(35)39-29(5,6)7/h10-14,19,21,23H,1,15-16H2,2-9H3,(H,31,35)/t19?,21?,23-/m1/s1. The number of methoxy groups -OCH3 is 2. The van der Waals surface area contributed by atoms with Crippen molar-refractivity contribution in [3.05, 3.63) is 36.5 Å². The molecule has 0 saturated carbocycles. The van der Waals surface area contributed by atoms with Gasteiger partial charge < -0.3 is 29.2 Å². The fourth-order valence-corrected chi connectivity index (χ4v) is 4.50. The third-order valence-corrected chi connectivity index (χ3v) is 6.37. The number of pyridine rings is 1. The zero-order chi connectivity index (χ0) is 29.1. The van der Waals surface area contributed by atoms with E-state index in [4.69, 9.17) is 18.9 Å². The fourth-order valence-electron chi connectivity index (χ4n) is 4.50. The van der Waals surface area contributed by atoms with Gasteiger partial charge in [-0.05, 0) is 49.8 Å². The van der Waals surface area contributed by atoms with Gasteiger partial charge in [0, 0.05) is 23.6 Å². The Morgan fingerprint density at radius 2 is 1.85 bits per heavy atom. The number of rotatable bonds is 7. The molecule has 1 aromatic heterocycles. The van der Waals surface area contributed by atoms with Crippen molar-refractivity contribution in [2.45, 2.75) is 71.8 Å². The van der Waals surface area contributed by atoms with Crippen molar-refractivity contribution in [3.8, 4) is 11.6 Å². The molecule has 2 unspecified atom stereocenters. The van der Waals surface area contributed by atoms with Crippen LogP contribution in [0.1, 0.15) is 53.5 Å². The quantitative estimate of drug-likeness (QED) is 0.515. The molecule has 0 radical (unpaired) electrons. The SMILES string of the molecule is C=Cc1cc2c(OC3CC(C(=O)OC)N(C(=O)[C@@H](NC(=O)OC(C)(C)C)C(C)(C)C)C3)nccc2cc1OC. The number of amides is 2. The molecule has 212 valence electrons. The lowest BCUT2D eigenvalue weighted by atomic mass is 9.85. The molecule has 3 atom stereocenters. The van der Waals surface area contributed by atoms with Gasteiger partial charge >= 0.3 is 12.1 Å². The number of alkyl carbamates (subject to hydrolysis) is 1. The number of hydrogen-bond acceptors (Lipinski definition) is 8. The number of aromatic nitrogens is 1. The number of benzene rings is 1. The zero-order valence-corrected chi connectivity index (χ0v) is 24.0. The van der Waals surface area contributed by atoms with Gasteiger partial charge in [-0.3, -0.25) is 4.79 Å². The van der Waals surface area contributed by atoms with E-state index in [1.807, 2.05) is 39.0 Å². The Hall–Kier alpha value is -3.82. The Morgan fingerprint density at radius 3 is 2.41 bits per heavy atom.